The van der Waals surface area contributed by atoms with Gasteiger partial charge in [0.15, 0.2) is 0 Å². The molecule has 0 saturated heterocycles. The van der Waals surface area contributed by atoms with Crippen LogP contribution in [0.2, 0.25) is 0 Å². The summed E-state index contributed by atoms with van der Waals surface area (Å²) in [5.41, 5.74) is 3.06. The van der Waals surface area contributed by atoms with Gasteiger partial charge < -0.3 is 4.52 Å². The van der Waals surface area contributed by atoms with Gasteiger partial charge in [0.25, 0.3) is 0 Å². The van der Waals surface area contributed by atoms with E-state index in [0.717, 1.165) is 23.1 Å². The second-order valence-corrected chi connectivity index (χ2v) is 8.04. The highest BCUT2D eigenvalue weighted by atomic mass is 32.2. The summed E-state index contributed by atoms with van der Waals surface area (Å²) in [5, 5.41) is 3.91. The van der Waals surface area contributed by atoms with Gasteiger partial charge in [0.05, 0.1) is 12.3 Å². The van der Waals surface area contributed by atoms with Crippen LogP contribution in [-0.2, 0) is 23.0 Å². The van der Waals surface area contributed by atoms with Crippen molar-refractivity contribution in [3.63, 3.8) is 0 Å². The molecule has 2 aromatic carbocycles. The van der Waals surface area contributed by atoms with E-state index in [4.69, 9.17) is 4.52 Å². The van der Waals surface area contributed by atoms with Crippen LogP contribution in [0.5, 0.6) is 0 Å². The van der Waals surface area contributed by atoms with E-state index in [9.17, 15) is 8.42 Å². The van der Waals surface area contributed by atoms with Crippen LogP contribution in [0.1, 0.15) is 23.4 Å². The summed E-state index contributed by atoms with van der Waals surface area (Å²) < 4.78 is 31.9. The van der Waals surface area contributed by atoms with E-state index in [1.165, 1.54) is 0 Å². The van der Waals surface area contributed by atoms with E-state index in [1.54, 1.807) is 0 Å². The Hall–Kier alpha value is -2.51. The number of aryl methyl sites for hydroxylation is 2. The maximum Gasteiger partial charge on any atom is 0.242 e. The molecule has 1 N–H and O–H groups in total. The van der Waals surface area contributed by atoms with Gasteiger partial charge in [-0.2, -0.15) is 4.98 Å². The Balaban J connectivity index is 1.51. The van der Waals surface area contributed by atoms with Gasteiger partial charge in [-0.25, -0.2) is 13.1 Å². The number of hydrogen-bond donors (Lipinski definition) is 1. The molecule has 1 heterocycles. The van der Waals surface area contributed by atoms with Gasteiger partial charge in [0, 0.05) is 5.56 Å². The number of sulfonamides is 1. The fourth-order valence-corrected chi connectivity index (χ4v) is 3.60. The average Bonchev–Trinajstić information content (AvgIpc) is 3.10. The fraction of sp³-hybridized carbons (Fsp3) is 0.263. The van der Waals surface area contributed by atoms with Crippen LogP contribution in [0.15, 0.2) is 59.1 Å². The van der Waals surface area contributed by atoms with E-state index in [2.05, 4.69) is 14.9 Å². The zero-order valence-corrected chi connectivity index (χ0v) is 15.4. The molecule has 0 aliphatic carbocycles. The van der Waals surface area contributed by atoms with Gasteiger partial charge in [0.2, 0.25) is 21.7 Å². The largest absolute Gasteiger partial charge is 0.338 e. The molecule has 6 nitrogen and oxygen atoms in total. The lowest BCUT2D eigenvalue weighted by Crippen LogP contribution is -2.26. The van der Waals surface area contributed by atoms with Crippen molar-refractivity contribution in [3.05, 3.63) is 71.6 Å². The maximum atomic E-state index is 12.1. The molecule has 0 unspecified atom stereocenters. The summed E-state index contributed by atoms with van der Waals surface area (Å²) in [6.45, 7) is 1.97. The molecule has 0 radical (unpaired) electrons. The molecule has 3 rings (SSSR count). The van der Waals surface area contributed by atoms with Crippen molar-refractivity contribution >= 4 is 10.0 Å². The van der Waals surface area contributed by atoms with Crippen LogP contribution >= 0.6 is 0 Å². The smallest absolute Gasteiger partial charge is 0.242 e. The summed E-state index contributed by atoms with van der Waals surface area (Å²) in [4.78, 5) is 4.25. The van der Waals surface area contributed by atoms with Crippen LogP contribution in [0, 0.1) is 6.92 Å². The van der Waals surface area contributed by atoms with E-state index < -0.39 is 10.0 Å². The normalized spacial score (nSPS) is 11.6. The van der Waals surface area contributed by atoms with Gasteiger partial charge in [-0.15, -0.1) is 0 Å². The number of benzene rings is 2. The second-order valence-electron chi connectivity index (χ2n) is 6.11. The molecule has 0 atom stereocenters. The number of hydrogen-bond acceptors (Lipinski definition) is 5. The number of nitrogens with zero attached hydrogens (tertiary/aromatic N) is 2. The van der Waals surface area contributed by atoms with Gasteiger partial charge in [0.1, 0.15) is 0 Å². The molecule has 0 amide bonds. The number of rotatable bonds is 8. The molecule has 0 fully saturated rings. The van der Waals surface area contributed by atoms with Gasteiger partial charge >= 0.3 is 0 Å². The van der Waals surface area contributed by atoms with Crippen LogP contribution in [-0.4, -0.2) is 24.3 Å². The Kier molecular flexibility index (Phi) is 5.80. The minimum absolute atomic E-state index is 0.00745. The third kappa shape index (κ3) is 5.24. The van der Waals surface area contributed by atoms with Crippen molar-refractivity contribution in [2.24, 2.45) is 0 Å². The topological polar surface area (TPSA) is 85.1 Å². The van der Waals surface area contributed by atoms with Crippen molar-refractivity contribution in [3.8, 4) is 11.4 Å². The summed E-state index contributed by atoms with van der Waals surface area (Å²) in [6, 6.07) is 17.5. The summed E-state index contributed by atoms with van der Waals surface area (Å²) in [7, 11) is -3.39. The van der Waals surface area contributed by atoms with Gasteiger partial charge in [-0.1, -0.05) is 59.3 Å². The van der Waals surface area contributed by atoms with Crippen LogP contribution in [0.3, 0.4) is 0 Å². The minimum Gasteiger partial charge on any atom is -0.338 e. The first-order valence-electron chi connectivity index (χ1n) is 8.43. The molecule has 0 aliphatic heterocycles. The van der Waals surface area contributed by atoms with Crippen molar-refractivity contribution in [2.75, 3.05) is 5.75 Å². The van der Waals surface area contributed by atoms with E-state index >= 15 is 0 Å². The average molecular weight is 371 g/mol. The van der Waals surface area contributed by atoms with Gasteiger partial charge in [-0.3, -0.25) is 0 Å². The summed E-state index contributed by atoms with van der Waals surface area (Å²) in [6.07, 6.45) is 1.28. The third-order valence-corrected chi connectivity index (χ3v) is 5.32. The minimum atomic E-state index is -3.39. The van der Waals surface area contributed by atoms with Crippen molar-refractivity contribution in [1.29, 1.82) is 0 Å². The Morgan fingerprint density at radius 1 is 1.08 bits per heavy atom. The first-order chi connectivity index (χ1) is 12.5. The van der Waals surface area contributed by atoms with Gasteiger partial charge in [-0.05, 0) is 31.4 Å². The molecule has 0 saturated carbocycles. The molecule has 0 bridgehead atoms. The Bertz CT molecular complexity index is 953. The van der Waals surface area contributed by atoms with E-state index in [0.29, 0.717) is 12.2 Å². The maximum absolute atomic E-state index is 12.1. The molecular weight excluding hydrogens is 350 g/mol. The van der Waals surface area contributed by atoms with Crippen molar-refractivity contribution in [1.82, 2.24) is 14.9 Å². The monoisotopic (exact) mass is 371 g/mol. The van der Waals surface area contributed by atoms with E-state index in [-0.39, 0.29) is 18.2 Å². The highest BCUT2D eigenvalue weighted by Gasteiger charge is 2.14. The predicted octanol–water partition coefficient (Wildman–Crippen LogP) is 3.10. The predicted molar refractivity (Wildman–Crippen MR) is 99.9 cm³/mol. The molecule has 0 aliphatic rings. The Morgan fingerprint density at radius 2 is 1.88 bits per heavy atom. The Morgan fingerprint density at radius 3 is 2.65 bits per heavy atom. The molecular formula is C19H21N3O3S. The Labute approximate surface area is 153 Å². The first-order valence-corrected chi connectivity index (χ1v) is 10.1. The summed E-state index contributed by atoms with van der Waals surface area (Å²) >= 11 is 0. The first kappa shape index (κ1) is 18.3. The quantitative estimate of drug-likeness (QED) is 0.658. The zero-order valence-electron chi connectivity index (χ0n) is 14.6. The van der Waals surface area contributed by atoms with Crippen molar-refractivity contribution < 1.29 is 12.9 Å². The molecule has 26 heavy (non-hydrogen) atoms. The van der Waals surface area contributed by atoms with Crippen LogP contribution in [0.4, 0.5) is 0 Å². The summed E-state index contributed by atoms with van der Waals surface area (Å²) in [5.74, 6) is 0.751. The highest BCUT2D eigenvalue weighted by Crippen LogP contribution is 2.17. The lowest BCUT2D eigenvalue weighted by atomic mass is 10.1. The van der Waals surface area contributed by atoms with Crippen molar-refractivity contribution in [2.45, 2.75) is 26.3 Å². The standard InChI is InChI=1S/C19H21N3O3S/c1-15-7-5-11-17(13-15)19-21-18(25-22-19)14-20-26(23,24)12-6-10-16-8-3-2-4-9-16/h2-5,7-9,11,13,20H,6,10,12,14H2,1H3. The second kappa shape index (κ2) is 8.25. The van der Waals surface area contributed by atoms with Crippen LogP contribution < -0.4 is 4.72 Å². The molecule has 3 aromatic rings. The number of nitrogens with one attached hydrogen (secondary N) is 1. The van der Waals surface area contributed by atoms with Crippen LogP contribution in [0.25, 0.3) is 11.4 Å². The lowest BCUT2D eigenvalue weighted by molar-refractivity contribution is 0.376. The molecule has 7 heteroatoms. The molecule has 0 spiro atoms. The lowest BCUT2D eigenvalue weighted by Gasteiger charge is -2.04. The molecule has 1 aromatic heterocycles. The van der Waals surface area contributed by atoms with E-state index in [1.807, 2.05) is 61.5 Å². The number of aromatic nitrogens is 2. The third-order valence-electron chi connectivity index (χ3n) is 3.91. The molecule has 136 valence electrons. The zero-order chi connectivity index (χ0) is 18.4. The fourth-order valence-electron chi connectivity index (χ4n) is 2.58. The highest BCUT2D eigenvalue weighted by molar-refractivity contribution is 7.89. The SMILES string of the molecule is Cc1cccc(-c2noc(CNS(=O)(=O)CCCc3ccccc3)n2)c1.